The number of carbonyl (C=O) groups is 1. The Morgan fingerprint density at radius 1 is 1.58 bits per heavy atom. The van der Waals surface area contributed by atoms with Crippen molar-refractivity contribution < 1.29 is 9.53 Å². The van der Waals surface area contributed by atoms with E-state index in [1.165, 1.54) is 0 Å². The first-order chi connectivity index (χ1) is 8.93. The lowest BCUT2D eigenvalue weighted by atomic mass is 10.2. The van der Waals surface area contributed by atoms with E-state index in [1.807, 2.05) is 18.9 Å². The molecule has 1 unspecified atom stereocenters. The largest absolute Gasteiger partial charge is 0.397 e. The maximum absolute atomic E-state index is 11.9. The molecule has 1 rings (SSSR count). The Balaban J connectivity index is 2.55. The summed E-state index contributed by atoms with van der Waals surface area (Å²) >= 11 is 5.80. The minimum Gasteiger partial charge on any atom is -0.397 e. The van der Waals surface area contributed by atoms with Crippen LogP contribution in [0, 0.1) is 0 Å². The van der Waals surface area contributed by atoms with Gasteiger partial charge >= 0.3 is 0 Å². The van der Waals surface area contributed by atoms with E-state index < -0.39 is 0 Å². The molecule has 0 aliphatic rings. The van der Waals surface area contributed by atoms with Crippen molar-refractivity contribution in [2.45, 2.75) is 13.0 Å². The Morgan fingerprint density at radius 2 is 2.26 bits per heavy atom. The van der Waals surface area contributed by atoms with Crippen molar-refractivity contribution in [2.24, 2.45) is 0 Å². The van der Waals surface area contributed by atoms with E-state index in [-0.39, 0.29) is 18.5 Å². The maximum atomic E-state index is 11.9. The van der Waals surface area contributed by atoms with Crippen molar-refractivity contribution in [3.63, 3.8) is 0 Å². The summed E-state index contributed by atoms with van der Waals surface area (Å²) in [7, 11) is 3.51. The summed E-state index contributed by atoms with van der Waals surface area (Å²) in [5.41, 5.74) is 6.80. The van der Waals surface area contributed by atoms with E-state index in [4.69, 9.17) is 22.1 Å². The summed E-state index contributed by atoms with van der Waals surface area (Å²) in [6.45, 7) is 2.84. The number of halogens is 1. The predicted molar refractivity (Wildman–Crippen MR) is 78.5 cm³/mol. The normalized spacial score (nSPS) is 12.5. The quantitative estimate of drug-likeness (QED) is 0.783. The van der Waals surface area contributed by atoms with Crippen LogP contribution in [0.5, 0.6) is 0 Å². The molecule has 0 fully saturated rings. The highest BCUT2D eigenvalue weighted by Crippen LogP contribution is 2.22. The third-order valence-electron chi connectivity index (χ3n) is 2.84. The number of nitrogen functional groups attached to an aromatic ring is 1. The SMILES string of the molecule is COCC(C)N(C)CC(=O)Nc1ccc(Cl)cc1N. The van der Waals surface area contributed by atoms with Gasteiger partial charge in [-0.25, -0.2) is 0 Å². The molecule has 3 N–H and O–H groups in total. The van der Waals surface area contributed by atoms with E-state index in [0.717, 1.165) is 0 Å². The summed E-state index contributed by atoms with van der Waals surface area (Å²) < 4.78 is 5.05. The summed E-state index contributed by atoms with van der Waals surface area (Å²) in [4.78, 5) is 13.8. The van der Waals surface area contributed by atoms with Gasteiger partial charge in [-0.05, 0) is 32.2 Å². The average molecular weight is 286 g/mol. The molecule has 6 heteroatoms. The van der Waals surface area contributed by atoms with Gasteiger partial charge in [0.2, 0.25) is 5.91 Å². The molecule has 0 heterocycles. The molecule has 1 amide bonds. The molecule has 0 aromatic heterocycles. The predicted octanol–water partition coefficient (Wildman–Crippen LogP) is 1.83. The number of nitrogens with one attached hydrogen (secondary N) is 1. The lowest BCUT2D eigenvalue weighted by Crippen LogP contribution is -2.38. The van der Waals surface area contributed by atoms with Gasteiger partial charge in [-0.3, -0.25) is 9.69 Å². The standard InChI is InChI=1S/C13H20ClN3O2/c1-9(8-19-3)17(2)7-13(18)16-12-5-4-10(14)6-11(12)15/h4-6,9H,7-8,15H2,1-3H3,(H,16,18). The number of benzene rings is 1. The molecule has 1 aromatic rings. The number of likely N-dealkylation sites (N-methyl/N-ethyl adjacent to an activating group) is 1. The minimum absolute atomic E-state index is 0.125. The van der Waals surface area contributed by atoms with Crippen molar-refractivity contribution in [3.05, 3.63) is 23.2 Å². The van der Waals surface area contributed by atoms with Gasteiger partial charge in [0.25, 0.3) is 0 Å². The van der Waals surface area contributed by atoms with Crippen LogP contribution in [0.25, 0.3) is 0 Å². The fraction of sp³-hybridized carbons (Fsp3) is 0.462. The van der Waals surface area contributed by atoms with Crippen LogP contribution in [0.15, 0.2) is 18.2 Å². The molecule has 0 saturated carbocycles. The molecule has 0 aliphatic heterocycles. The first-order valence-corrected chi connectivity index (χ1v) is 6.36. The van der Waals surface area contributed by atoms with Gasteiger partial charge in [-0.15, -0.1) is 0 Å². The molecule has 0 bridgehead atoms. The molecule has 0 saturated heterocycles. The number of nitrogens with zero attached hydrogens (tertiary/aromatic N) is 1. The molecule has 5 nitrogen and oxygen atoms in total. The number of nitrogens with two attached hydrogens (primary N) is 1. The Hall–Kier alpha value is -1.30. The molecule has 1 aromatic carbocycles. The highest BCUT2D eigenvalue weighted by Gasteiger charge is 2.13. The number of hydrogen-bond acceptors (Lipinski definition) is 4. The number of ether oxygens (including phenoxy) is 1. The van der Waals surface area contributed by atoms with Crippen molar-refractivity contribution >= 4 is 28.9 Å². The summed E-state index contributed by atoms with van der Waals surface area (Å²) in [6, 6.07) is 5.14. The van der Waals surface area contributed by atoms with Gasteiger partial charge in [0.05, 0.1) is 24.5 Å². The van der Waals surface area contributed by atoms with Gasteiger partial charge in [0.1, 0.15) is 0 Å². The molecular formula is C13H20ClN3O2. The number of rotatable bonds is 6. The van der Waals surface area contributed by atoms with Crippen LogP contribution < -0.4 is 11.1 Å². The highest BCUT2D eigenvalue weighted by molar-refractivity contribution is 6.31. The third-order valence-corrected chi connectivity index (χ3v) is 3.08. The van der Waals surface area contributed by atoms with E-state index in [1.54, 1.807) is 25.3 Å². The second-order valence-electron chi connectivity index (χ2n) is 4.50. The molecule has 0 aliphatic carbocycles. The smallest absolute Gasteiger partial charge is 0.238 e. The van der Waals surface area contributed by atoms with E-state index in [9.17, 15) is 4.79 Å². The highest BCUT2D eigenvalue weighted by atomic mass is 35.5. The van der Waals surface area contributed by atoms with Gasteiger partial charge < -0.3 is 15.8 Å². The molecule has 0 spiro atoms. The zero-order chi connectivity index (χ0) is 14.4. The lowest BCUT2D eigenvalue weighted by molar-refractivity contribution is -0.117. The van der Waals surface area contributed by atoms with Crippen molar-refractivity contribution in [3.8, 4) is 0 Å². The molecular weight excluding hydrogens is 266 g/mol. The Kier molecular flexibility index (Phi) is 6.08. The summed E-state index contributed by atoms with van der Waals surface area (Å²) in [5, 5.41) is 3.30. The van der Waals surface area contributed by atoms with Gasteiger partial charge in [0.15, 0.2) is 0 Å². The maximum Gasteiger partial charge on any atom is 0.238 e. The van der Waals surface area contributed by atoms with Crippen LogP contribution in [-0.2, 0) is 9.53 Å². The van der Waals surface area contributed by atoms with E-state index in [2.05, 4.69) is 5.32 Å². The van der Waals surface area contributed by atoms with Crippen molar-refractivity contribution in [1.29, 1.82) is 0 Å². The molecule has 0 radical (unpaired) electrons. The Bertz CT molecular complexity index is 440. The van der Waals surface area contributed by atoms with E-state index >= 15 is 0 Å². The average Bonchev–Trinajstić information content (AvgIpc) is 2.33. The van der Waals surface area contributed by atoms with Crippen molar-refractivity contribution in [2.75, 3.05) is 38.4 Å². The van der Waals surface area contributed by atoms with Crippen LogP contribution in [0.4, 0.5) is 11.4 Å². The van der Waals surface area contributed by atoms with Crippen LogP contribution in [0.2, 0.25) is 5.02 Å². The fourth-order valence-corrected chi connectivity index (χ4v) is 1.77. The Morgan fingerprint density at radius 3 is 2.84 bits per heavy atom. The number of carbonyl (C=O) groups excluding carboxylic acids is 1. The minimum atomic E-state index is -0.125. The first kappa shape index (κ1) is 15.8. The first-order valence-electron chi connectivity index (χ1n) is 5.98. The number of anilines is 2. The third kappa shape index (κ3) is 5.06. The summed E-state index contributed by atoms with van der Waals surface area (Å²) in [5.74, 6) is -0.125. The Labute approximate surface area is 118 Å². The summed E-state index contributed by atoms with van der Waals surface area (Å²) in [6.07, 6.45) is 0. The number of methoxy groups -OCH3 is 1. The monoisotopic (exact) mass is 285 g/mol. The van der Waals surface area contributed by atoms with Crippen LogP contribution in [0.1, 0.15) is 6.92 Å². The lowest BCUT2D eigenvalue weighted by Gasteiger charge is -2.23. The second kappa shape index (κ2) is 7.33. The van der Waals surface area contributed by atoms with Crippen LogP contribution >= 0.6 is 11.6 Å². The van der Waals surface area contributed by atoms with Crippen molar-refractivity contribution in [1.82, 2.24) is 4.90 Å². The topological polar surface area (TPSA) is 67.6 Å². The van der Waals surface area contributed by atoms with E-state index in [0.29, 0.717) is 23.0 Å². The van der Waals surface area contributed by atoms with Crippen LogP contribution in [0.3, 0.4) is 0 Å². The fourth-order valence-electron chi connectivity index (χ4n) is 1.59. The van der Waals surface area contributed by atoms with Gasteiger partial charge in [0, 0.05) is 18.2 Å². The molecule has 19 heavy (non-hydrogen) atoms. The number of hydrogen-bond donors (Lipinski definition) is 2. The molecule has 1 atom stereocenters. The molecule has 106 valence electrons. The second-order valence-corrected chi connectivity index (χ2v) is 4.94. The zero-order valence-corrected chi connectivity index (χ0v) is 12.2. The van der Waals surface area contributed by atoms with Crippen LogP contribution in [-0.4, -0.2) is 44.2 Å². The zero-order valence-electron chi connectivity index (χ0n) is 11.4. The van der Waals surface area contributed by atoms with Gasteiger partial charge in [-0.1, -0.05) is 11.6 Å². The van der Waals surface area contributed by atoms with Gasteiger partial charge in [-0.2, -0.15) is 0 Å². The number of amides is 1.